The van der Waals surface area contributed by atoms with E-state index in [-0.39, 0.29) is 29.7 Å². The number of nitrogens with zero attached hydrogens (tertiary/aromatic N) is 3. The van der Waals surface area contributed by atoms with Gasteiger partial charge in [0.25, 0.3) is 5.91 Å². The van der Waals surface area contributed by atoms with Crippen LogP contribution >= 0.6 is 0 Å². The molecule has 1 amide bonds. The Morgan fingerprint density at radius 3 is 2.81 bits per heavy atom. The fourth-order valence-electron chi connectivity index (χ4n) is 4.86. The molecular weight excluding hydrogens is 416 g/mol. The van der Waals surface area contributed by atoms with Crippen LogP contribution in [0.3, 0.4) is 0 Å². The van der Waals surface area contributed by atoms with Crippen LogP contribution in [0.25, 0.3) is 11.0 Å². The Kier molecular flexibility index (Phi) is 4.24. The molecule has 0 aliphatic carbocycles. The molecular formula is C24H19F2N3O3. The van der Waals surface area contributed by atoms with Crippen LogP contribution in [0.4, 0.5) is 8.78 Å². The Hall–Kier alpha value is -3.44. The number of aromatic nitrogens is 2. The van der Waals surface area contributed by atoms with Crippen molar-refractivity contribution in [3.63, 3.8) is 0 Å². The van der Waals surface area contributed by atoms with E-state index in [0.29, 0.717) is 30.8 Å². The van der Waals surface area contributed by atoms with Gasteiger partial charge in [-0.1, -0.05) is 17.9 Å². The molecule has 2 aromatic carbocycles. The molecule has 4 heterocycles. The van der Waals surface area contributed by atoms with Crippen molar-refractivity contribution < 1.29 is 23.0 Å². The molecule has 1 fully saturated rings. The van der Waals surface area contributed by atoms with Crippen molar-refractivity contribution in [2.24, 2.45) is 5.92 Å². The Labute approximate surface area is 182 Å². The molecule has 2 bridgehead atoms. The van der Waals surface area contributed by atoms with Crippen molar-refractivity contribution in [1.29, 1.82) is 0 Å². The minimum absolute atomic E-state index is 0.0283. The van der Waals surface area contributed by atoms with Crippen LogP contribution in [0.1, 0.15) is 45.8 Å². The molecule has 3 aliphatic rings. The molecule has 32 heavy (non-hydrogen) atoms. The maximum atomic E-state index is 13.2. The first kappa shape index (κ1) is 19.3. The van der Waals surface area contributed by atoms with E-state index in [1.807, 2.05) is 18.2 Å². The number of fused-ring (bicyclic) bond motifs is 9. The number of hydrogen-bond donors (Lipinski definition) is 0. The van der Waals surface area contributed by atoms with Crippen molar-refractivity contribution in [1.82, 2.24) is 14.5 Å². The third-order valence-corrected chi connectivity index (χ3v) is 6.47. The average molecular weight is 435 g/mol. The normalized spacial score (nSPS) is 21.6. The lowest BCUT2D eigenvalue weighted by molar-refractivity contribution is -0.0507. The average Bonchev–Trinajstić information content (AvgIpc) is 3.25. The first-order chi connectivity index (χ1) is 15.5. The summed E-state index contributed by atoms with van der Waals surface area (Å²) in [6.07, 6.45) is 0.548. The second-order valence-electron chi connectivity index (χ2n) is 8.33. The van der Waals surface area contributed by atoms with E-state index < -0.39 is 6.61 Å². The number of alkyl halides is 2. The molecule has 0 spiro atoms. The van der Waals surface area contributed by atoms with Gasteiger partial charge >= 0.3 is 6.61 Å². The van der Waals surface area contributed by atoms with Crippen LogP contribution < -0.4 is 4.74 Å². The summed E-state index contributed by atoms with van der Waals surface area (Å²) in [5, 5.41) is 0. The van der Waals surface area contributed by atoms with E-state index in [1.54, 1.807) is 24.1 Å². The number of ether oxygens (including phenoxy) is 2. The number of imidazole rings is 1. The van der Waals surface area contributed by atoms with Crippen molar-refractivity contribution >= 4 is 16.9 Å². The van der Waals surface area contributed by atoms with Gasteiger partial charge in [-0.15, -0.1) is 0 Å². The summed E-state index contributed by atoms with van der Waals surface area (Å²) in [7, 11) is 1.73. The minimum atomic E-state index is -2.98. The minimum Gasteiger partial charge on any atom is -0.434 e. The monoisotopic (exact) mass is 435 g/mol. The summed E-state index contributed by atoms with van der Waals surface area (Å²) < 4.78 is 38.4. The highest BCUT2D eigenvalue weighted by Gasteiger charge is 2.45. The highest BCUT2D eigenvalue weighted by atomic mass is 19.3. The van der Waals surface area contributed by atoms with Gasteiger partial charge in [0.1, 0.15) is 11.6 Å². The van der Waals surface area contributed by atoms with E-state index in [1.165, 1.54) is 6.07 Å². The van der Waals surface area contributed by atoms with Gasteiger partial charge in [-0.3, -0.25) is 4.79 Å². The maximum Gasteiger partial charge on any atom is 0.387 e. The van der Waals surface area contributed by atoms with Gasteiger partial charge in [-0.25, -0.2) is 4.98 Å². The summed E-state index contributed by atoms with van der Waals surface area (Å²) in [4.78, 5) is 19.6. The lowest BCUT2D eigenvalue weighted by Crippen LogP contribution is -2.30. The molecule has 0 saturated carbocycles. The summed E-state index contributed by atoms with van der Waals surface area (Å²) in [5.74, 6) is 7.23. The van der Waals surface area contributed by atoms with Gasteiger partial charge < -0.3 is 18.9 Å². The summed E-state index contributed by atoms with van der Waals surface area (Å²) >= 11 is 0. The third-order valence-electron chi connectivity index (χ3n) is 6.47. The third kappa shape index (κ3) is 2.81. The quantitative estimate of drug-likeness (QED) is 0.576. The Balaban J connectivity index is 1.54. The molecule has 1 saturated heterocycles. The van der Waals surface area contributed by atoms with Crippen molar-refractivity contribution in [3.8, 4) is 17.6 Å². The van der Waals surface area contributed by atoms with Crippen LogP contribution in [0.15, 0.2) is 36.4 Å². The van der Waals surface area contributed by atoms with E-state index >= 15 is 0 Å². The Morgan fingerprint density at radius 1 is 1.22 bits per heavy atom. The fourth-order valence-corrected chi connectivity index (χ4v) is 4.86. The lowest BCUT2D eigenvalue weighted by Gasteiger charge is -2.24. The zero-order valence-corrected chi connectivity index (χ0v) is 17.2. The highest BCUT2D eigenvalue weighted by molar-refractivity contribution is 5.97. The van der Waals surface area contributed by atoms with Gasteiger partial charge in [0.15, 0.2) is 0 Å². The van der Waals surface area contributed by atoms with Crippen LogP contribution in [0.2, 0.25) is 0 Å². The Bertz CT molecular complexity index is 1320. The molecule has 162 valence electrons. The fraction of sp³-hybridized carbons (Fsp3) is 0.333. The molecule has 2 atom stereocenters. The van der Waals surface area contributed by atoms with Gasteiger partial charge in [-0.2, -0.15) is 8.78 Å². The van der Waals surface area contributed by atoms with E-state index in [9.17, 15) is 13.6 Å². The van der Waals surface area contributed by atoms with Crippen molar-refractivity contribution in [2.45, 2.75) is 25.1 Å². The summed E-state index contributed by atoms with van der Waals surface area (Å²) in [6, 6.07) is 9.96. The summed E-state index contributed by atoms with van der Waals surface area (Å²) in [5.41, 5.74) is 3.36. The van der Waals surface area contributed by atoms with E-state index in [4.69, 9.17) is 14.5 Å². The van der Waals surface area contributed by atoms with Crippen LogP contribution in [0, 0.1) is 17.8 Å². The van der Waals surface area contributed by atoms with Crippen molar-refractivity contribution in [3.05, 3.63) is 58.9 Å². The molecule has 0 unspecified atom stereocenters. The molecule has 0 radical (unpaired) electrons. The number of rotatable bonds is 2. The predicted octanol–water partition coefficient (Wildman–Crippen LogP) is 3.76. The van der Waals surface area contributed by atoms with Crippen LogP contribution in [0.5, 0.6) is 5.75 Å². The molecule has 8 heteroatoms. The van der Waals surface area contributed by atoms with Gasteiger partial charge in [0.2, 0.25) is 0 Å². The molecule has 6 rings (SSSR count). The highest BCUT2D eigenvalue weighted by Crippen LogP contribution is 2.49. The van der Waals surface area contributed by atoms with E-state index in [2.05, 4.69) is 16.4 Å². The van der Waals surface area contributed by atoms with Crippen LogP contribution in [-0.2, 0) is 4.74 Å². The van der Waals surface area contributed by atoms with E-state index in [0.717, 1.165) is 22.4 Å². The molecule has 1 aromatic heterocycles. The second kappa shape index (κ2) is 7.04. The Morgan fingerprint density at radius 2 is 2.06 bits per heavy atom. The standard InChI is InChI=1S/C24H19F2N3O3/c1-28-19-10-18(21-15(23(28)30)3-2-4-20(21)32-24(25)26)29-17-9-13(5-6-14-11-31-12-14)7-8-16(17)27-22(19)29/h2-4,7-9,14,18-19,24H,10-12H2,1H3/t18-,19-/m1/s1. The summed E-state index contributed by atoms with van der Waals surface area (Å²) in [6.45, 7) is -1.66. The molecule has 3 aliphatic heterocycles. The molecule has 6 nitrogen and oxygen atoms in total. The number of carbonyl (C=O) groups excluding carboxylic acids is 1. The zero-order valence-electron chi connectivity index (χ0n) is 17.2. The number of amides is 1. The molecule has 3 aromatic rings. The van der Waals surface area contributed by atoms with Gasteiger partial charge in [-0.05, 0) is 30.3 Å². The molecule has 0 N–H and O–H groups in total. The smallest absolute Gasteiger partial charge is 0.387 e. The largest absolute Gasteiger partial charge is 0.434 e. The van der Waals surface area contributed by atoms with Gasteiger partial charge in [0.05, 0.1) is 42.2 Å². The number of hydrogen-bond acceptors (Lipinski definition) is 4. The topological polar surface area (TPSA) is 56.6 Å². The zero-order chi connectivity index (χ0) is 22.0. The first-order valence-electron chi connectivity index (χ1n) is 10.5. The predicted molar refractivity (Wildman–Crippen MR) is 112 cm³/mol. The number of benzene rings is 2. The van der Waals surface area contributed by atoms with Gasteiger partial charge in [0, 0.05) is 30.2 Å². The number of carbonyl (C=O) groups is 1. The maximum absolute atomic E-state index is 13.2. The first-order valence-corrected chi connectivity index (χ1v) is 10.5. The number of halogens is 2. The lowest BCUT2D eigenvalue weighted by atomic mass is 9.97. The second-order valence-corrected chi connectivity index (χ2v) is 8.33. The van der Waals surface area contributed by atoms with Crippen LogP contribution in [-0.4, -0.2) is 47.2 Å². The SMILES string of the molecule is CN1C(=O)c2cccc(OC(F)F)c2[C@H]2C[C@@H]1c1nc3ccc(C#CC4COC4)cc3n12. The van der Waals surface area contributed by atoms with Crippen molar-refractivity contribution in [2.75, 3.05) is 20.3 Å².